The van der Waals surface area contributed by atoms with Gasteiger partial charge in [0.25, 0.3) is 0 Å². The van der Waals surface area contributed by atoms with E-state index in [1.165, 1.54) is 5.39 Å². The maximum absolute atomic E-state index is 5.72. The lowest BCUT2D eigenvalue weighted by Crippen LogP contribution is -1.86. The third kappa shape index (κ3) is 2.12. The topological polar surface area (TPSA) is 54.7 Å². The Morgan fingerprint density at radius 1 is 1.12 bits per heavy atom. The Kier molecular flexibility index (Phi) is 2.49. The first-order valence-corrected chi connectivity index (χ1v) is 6.10. The molecule has 0 saturated carbocycles. The molecule has 0 aliphatic rings. The lowest BCUT2D eigenvalue weighted by atomic mass is 10.3. The number of H-pyrrole nitrogens is 1. The van der Waals surface area contributed by atoms with Crippen LogP contribution in [0.2, 0.25) is 0 Å². The SMILES string of the molecule is Nc1ccnc(Sc2cc3ccccc3[nH]2)c1. The van der Waals surface area contributed by atoms with Crippen molar-refractivity contribution in [2.75, 3.05) is 5.73 Å². The van der Waals surface area contributed by atoms with Gasteiger partial charge in [-0.05, 0) is 24.3 Å². The van der Waals surface area contributed by atoms with Crippen LogP contribution >= 0.6 is 11.8 Å². The van der Waals surface area contributed by atoms with Gasteiger partial charge in [-0.3, -0.25) is 0 Å². The quantitative estimate of drug-likeness (QED) is 0.723. The summed E-state index contributed by atoms with van der Waals surface area (Å²) >= 11 is 1.58. The third-order valence-corrected chi connectivity index (χ3v) is 3.35. The van der Waals surface area contributed by atoms with E-state index >= 15 is 0 Å². The van der Waals surface area contributed by atoms with Gasteiger partial charge in [0.05, 0.1) is 5.03 Å². The number of pyridine rings is 1. The Balaban J connectivity index is 1.94. The molecule has 0 aliphatic carbocycles. The third-order valence-electron chi connectivity index (χ3n) is 2.48. The molecule has 0 saturated heterocycles. The Bertz CT molecular complexity index is 627. The second-order valence-electron chi connectivity index (χ2n) is 3.75. The van der Waals surface area contributed by atoms with Crippen molar-refractivity contribution in [2.45, 2.75) is 10.1 Å². The van der Waals surface area contributed by atoms with E-state index in [-0.39, 0.29) is 0 Å². The highest BCUT2D eigenvalue weighted by Crippen LogP contribution is 2.28. The first-order valence-electron chi connectivity index (χ1n) is 5.28. The number of fused-ring (bicyclic) bond motifs is 1. The van der Waals surface area contributed by atoms with E-state index in [0.717, 1.165) is 21.3 Å². The molecule has 0 bridgehead atoms. The van der Waals surface area contributed by atoms with Crippen LogP contribution < -0.4 is 5.73 Å². The average molecular weight is 241 g/mol. The van der Waals surface area contributed by atoms with Gasteiger partial charge in [0.1, 0.15) is 5.03 Å². The summed E-state index contributed by atoms with van der Waals surface area (Å²) in [7, 11) is 0. The molecule has 0 radical (unpaired) electrons. The van der Waals surface area contributed by atoms with Crippen molar-refractivity contribution in [3.8, 4) is 0 Å². The molecule has 0 aliphatic heterocycles. The van der Waals surface area contributed by atoms with Crippen molar-refractivity contribution in [3.05, 3.63) is 48.7 Å². The summed E-state index contributed by atoms with van der Waals surface area (Å²) in [5.74, 6) is 0. The number of aromatic amines is 1. The largest absolute Gasteiger partial charge is 0.399 e. The fourth-order valence-electron chi connectivity index (χ4n) is 1.69. The monoisotopic (exact) mass is 241 g/mol. The van der Waals surface area contributed by atoms with Gasteiger partial charge in [0.15, 0.2) is 0 Å². The summed E-state index contributed by atoms with van der Waals surface area (Å²) in [4.78, 5) is 7.61. The molecule has 0 atom stereocenters. The van der Waals surface area contributed by atoms with E-state index in [0.29, 0.717) is 0 Å². The fourth-order valence-corrected chi connectivity index (χ4v) is 2.58. The van der Waals surface area contributed by atoms with Gasteiger partial charge in [-0.2, -0.15) is 0 Å². The van der Waals surface area contributed by atoms with Crippen LogP contribution in [0.5, 0.6) is 0 Å². The Hall–Kier alpha value is -1.94. The smallest absolute Gasteiger partial charge is 0.104 e. The van der Waals surface area contributed by atoms with Gasteiger partial charge in [-0.25, -0.2) is 4.98 Å². The minimum absolute atomic E-state index is 0.735. The first-order chi connectivity index (χ1) is 8.31. The molecule has 3 aromatic rings. The summed E-state index contributed by atoms with van der Waals surface area (Å²) in [6, 6.07) is 14.0. The standard InChI is InChI=1S/C13H11N3S/c14-10-5-6-15-12(8-10)17-13-7-9-3-1-2-4-11(9)16-13/h1-8,16H,(H2,14,15). The van der Waals surface area contributed by atoms with Crippen LogP contribution in [0.4, 0.5) is 5.69 Å². The lowest BCUT2D eigenvalue weighted by molar-refractivity contribution is 1.12. The first kappa shape index (κ1) is 10.2. The number of hydrogen-bond donors (Lipinski definition) is 2. The molecule has 84 valence electrons. The second kappa shape index (κ2) is 4.14. The molecule has 3 rings (SSSR count). The van der Waals surface area contributed by atoms with Crippen molar-refractivity contribution in [1.29, 1.82) is 0 Å². The molecule has 17 heavy (non-hydrogen) atoms. The van der Waals surface area contributed by atoms with E-state index in [4.69, 9.17) is 5.73 Å². The zero-order valence-electron chi connectivity index (χ0n) is 9.05. The zero-order chi connectivity index (χ0) is 11.7. The predicted molar refractivity (Wildman–Crippen MR) is 71.1 cm³/mol. The minimum Gasteiger partial charge on any atom is -0.399 e. The summed E-state index contributed by atoms with van der Waals surface area (Å²) in [5, 5.41) is 3.18. The van der Waals surface area contributed by atoms with E-state index in [9.17, 15) is 0 Å². The molecular weight excluding hydrogens is 230 g/mol. The number of nitrogen functional groups attached to an aromatic ring is 1. The summed E-state index contributed by atoms with van der Waals surface area (Å²) in [6.07, 6.45) is 1.72. The van der Waals surface area contributed by atoms with Crippen LogP contribution in [0, 0.1) is 0 Å². The highest BCUT2D eigenvalue weighted by Gasteiger charge is 2.03. The molecule has 0 unspecified atom stereocenters. The van der Waals surface area contributed by atoms with Crippen molar-refractivity contribution < 1.29 is 0 Å². The van der Waals surface area contributed by atoms with Crippen molar-refractivity contribution in [3.63, 3.8) is 0 Å². The lowest BCUT2D eigenvalue weighted by Gasteiger charge is -1.98. The zero-order valence-corrected chi connectivity index (χ0v) is 9.87. The van der Waals surface area contributed by atoms with Gasteiger partial charge < -0.3 is 10.7 Å². The number of rotatable bonds is 2. The molecule has 3 N–H and O–H groups in total. The molecule has 1 aromatic carbocycles. The molecule has 2 heterocycles. The van der Waals surface area contributed by atoms with Crippen LogP contribution in [-0.4, -0.2) is 9.97 Å². The normalized spacial score (nSPS) is 10.8. The molecule has 0 amide bonds. The number of aromatic nitrogens is 2. The van der Waals surface area contributed by atoms with Crippen LogP contribution in [-0.2, 0) is 0 Å². The van der Waals surface area contributed by atoms with E-state index in [2.05, 4.69) is 28.2 Å². The van der Waals surface area contributed by atoms with Gasteiger partial charge in [0.2, 0.25) is 0 Å². The van der Waals surface area contributed by atoms with Gasteiger partial charge in [-0.15, -0.1) is 0 Å². The highest BCUT2D eigenvalue weighted by molar-refractivity contribution is 7.99. The predicted octanol–water partition coefficient (Wildman–Crippen LogP) is 3.30. The van der Waals surface area contributed by atoms with Crippen molar-refractivity contribution in [1.82, 2.24) is 9.97 Å². The maximum atomic E-state index is 5.72. The van der Waals surface area contributed by atoms with Crippen LogP contribution in [0.15, 0.2) is 58.7 Å². The van der Waals surface area contributed by atoms with Gasteiger partial charge >= 0.3 is 0 Å². The maximum Gasteiger partial charge on any atom is 0.104 e. The number of nitrogens with zero attached hydrogens (tertiary/aromatic N) is 1. The molecule has 0 spiro atoms. The van der Waals surface area contributed by atoms with E-state index in [1.54, 1.807) is 24.0 Å². The number of anilines is 1. The number of hydrogen-bond acceptors (Lipinski definition) is 3. The number of nitrogens with two attached hydrogens (primary N) is 1. The molecule has 4 heteroatoms. The summed E-state index contributed by atoms with van der Waals surface area (Å²) < 4.78 is 0. The van der Waals surface area contributed by atoms with E-state index in [1.807, 2.05) is 18.2 Å². The van der Waals surface area contributed by atoms with Crippen LogP contribution in [0.3, 0.4) is 0 Å². The Labute approximate surface area is 103 Å². The summed E-state index contributed by atoms with van der Waals surface area (Å²) in [6.45, 7) is 0. The highest BCUT2D eigenvalue weighted by atomic mass is 32.2. The van der Waals surface area contributed by atoms with Crippen molar-refractivity contribution in [2.24, 2.45) is 0 Å². The Morgan fingerprint density at radius 3 is 2.82 bits per heavy atom. The van der Waals surface area contributed by atoms with Crippen LogP contribution in [0.25, 0.3) is 10.9 Å². The summed E-state index contributed by atoms with van der Waals surface area (Å²) in [5.41, 5.74) is 7.60. The van der Waals surface area contributed by atoms with Gasteiger partial charge in [-0.1, -0.05) is 30.0 Å². The minimum atomic E-state index is 0.735. The molecule has 2 aromatic heterocycles. The number of nitrogens with one attached hydrogen (secondary N) is 1. The molecule has 3 nitrogen and oxygen atoms in total. The second-order valence-corrected chi connectivity index (χ2v) is 4.81. The fraction of sp³-hybridized carbons (Fsp3) is 0. The number of para-hydroxylation sites is 1. The molecular formula is C13H11N3S. The van der Waals surface area contributed by atoms with Crippen molar-refractivity contribution >= 4 is 28.4 Å². The Morgan fingerprint density at radius 2 is 2.00 bits per heavy atom. The van der Waals surface area contributed by atoms with E-state index < -0.39 is 0 Å². The van der Waals surface area contributed by atoms with Gasteiger partial charge in [0, 0.05) is 22.8 Å². The van der Waals surface area contributed by atoms with Crippen LogP contribution in [0.1, 0.15) is 0 Å². The molecule has 0 fully saturated rings. The number of benzene rings is 1. The average Bonchev–Trinajstić information content (AvgIpc) is 2.71.